The third kappa shape index (κ3) is 3.00. The van der Waals surface area contributed by atoms with E-state index in [4.69, 9.17) is 22.1 Å². The normalized spacial score (nSPS) is 12.4. The van der Waals surface area contributed by atoms with E-state index >= 15 is 0 Å². The fraction of sp³-hybridized carbons (Fsp3) is 0.333. The lowest BCUT2D eigenvalue weighted by Crippen LogP contribution is -2.05. The van der Waals surface area contributed by atoms with E-state index < -0.39 is 0 Å². The van der Waals surface area contributed by atoms with Crippen molar-refractivity contribution >= 4 is 11.6 Å². The van der Waals surface area contributed by atoms with Gasteiger partial charge in [-0.1, -0.05) is 22.9 Å². The average molecular weight is 267 g/mol. The highest BCUT2D eigenvalue weighted by atomic mass is 35.5. The summed E-state index contributed by atoms with van der Waals surface area (Å²) in [5, 5.41) is 8.31. The first-order valence-electron chi connectivity index (χ1n) is 5.59. The maximum atomic E-state index is 6.12. The molecule has 0 saturated carbocycles. The van der Waals surface area contributed by atoms with E-state index in [9.17, 15) is 0 Å². The number of halogens is 1. The van der Waals surface area contributed by atoms with Gasteiger partial charge < -0.3 is 10.5 Å². The van der Waals surface area contributed by atoms with E-state index in [-0.39, 0.29) is 6.04 Å². The molecular formula is C12H15ClN4O. The van der Waals surface area contributed by atoms with E-state index in [1.54, 1.807) is 17.9 Å². The number of benzene rings is 1. The van der Waals surface area contributed by atoms with Gasteiger partial charge in [0.1, 0.15) is 18.1 Å². The van der Waals surface area contributed by atoms with Crippen LogP contribution in [-0.4, -0.2) is 15.0 Å². The van der Waals surface area contributed by atoms with Crippen LogP contribution in [-0.2, 0) is 13.7 Å². The number of aryl methyl sites for hydroxylation is 1. The molecule has 1 aromatic heterocycles. The molecule has 1 heterocycles. The van der Waals surface area contributed by atoms with Crippen LogP contribution in [0, 0.1) is 0 Å². The quantitative estimate of drug-likeness (QED) is 0.920. The Morgan fingerprint density at radius 3 is 2.83 bits per heavy atom. The van der Waals surface area contributed by atoms with Crippen LogP contribution in [0.3, 0.4) is 0 Å². The summed E-state index contributed by atoms with van der Waals surface area (Å²) in [6.07, 6.45) is 1.80. The van der Waals surface area contributed by atoms with E-state index in [1.807, 2.05) is 25.1 Å². The zero-order chi connectivity index (χ0) is 13.1. The predicted molar refractivity (Wildman–Crippen MR) is 69.4 cm³/mol. The Bertz CT molecular complexity index is 539. The first kappa shape index (κ1) is 12.9. The summed E-state index contributed by atoms with van der Waals surface area (Å²) in [6.45, 7) is 2.25. The minimum absolute atomic E-state index is 0.0449. The van der Waals surface area contributed by atoms with Crippen molar-refractivity contribution in [2.75, 3.05) is 0 Å². The fourth-order valence-electron chi connectivity index (χ4n) is 1.53. The molecule has 2 N–H and O–H groups in total. The third-order valence-electron chi connectivity index (χ3n) is 2.51. The Labute approximate surface area is 111 Å². The second kappa shape index (κ2) is 5.37. The molecule has 0 aliphatic carbocycles. The topological polar surface area (TPSA) is 66.0 Å². The summed E-state index contributed by atoms with van der Waals surface area (Å²) >= 11 is 6.12. The largest absolute Gasteiger partial charge is 0.486 e. The predicted octanol–water partition coefficient (Wildman–Crippen LogP) is 2.07. The minimum Gasteiger partial charge on any atom is -0.486 e. The number of hydrogen-bond acceptors (Lipinski definition) is 4. The molecule has 18 heavy (non-hydrogen) atoms. The molecule has 0 bridgehead atoms. The number of nitrogens with zero attached hydrogens (tertiary/aromatic N) is 3. The summed E-state index contributed by atoms with van der Waals surface area (Å²) < 4.78 is 7.21. The molecule has 0 aliphatic heterocycles. The Morgan fingerprint density at radius 1 is 1.50 bits per heavy atom. The van der Waals surface area contributed by atoms with E-state index in [0.717, 1.165) is 11.3 Å². The Morgan fingerprint density at radius 2 is 2.28 bits per heavy atom. The molecule has 6 heteroatoms. The summed E-state index contributed by atoms with van der Waals surface area (Å²) in [4.78, 5) is 0. The van der Waals surface area contributed by atoms with Crippen LogP contribution in [0.25, 0.3) is 0 Å². The summed E-state index contributed by atoms with van der Waals surface area (Å²) in [5.74, 6) is 0.617. The van der Waals surface area contributed by atoms with Crippen LogP contribution in [0.1, 0.15) is 24.2 Å². The Hall–Kier alpha value is -1.59. The van der Waals surface area contributed by atoms with Crippen molar-refractivity contribution in [3.05, 3.63) is 40.7 Å². The summed E-state index contributed by atoms with van der Waals surface area (Å²) in [5.41, 5.74) is 7.51. The molecule has 96 valence electrons. The lowest BCUT2D eigenvalue weighted by atomic mass is 10.1. The van der Waals surface area contributed by atoms with E-state index in [0.29, 0.717) is 17.4 Å². The van der Waals surface area contributed by atoms with Crippen LogP contribution in [0.15, 0.2) is 24.4 Å². The molecule has 0 saturated heterocycles. The molecule has 2 rings (SSSR count). The van der Waals surface area contributed by atoms with Crippen molar-refractivity contribution in [1.82, 2.24) is 15.0 Å². The van der Waals surface area contributed by atoms with Gasteiger partial charge in [-0.25, -0.2) is 0 Å². The first-order valence-corrected chi connectivity index (χ1v) is 5.97. The van der Waals surface area contributed by atoms with Gasteiger partial charge in [0.15, 0.2) is 0 Å². The highest BCUT2D eigenvalue weighted by Crippen LogP contribution is 2.27. The van der Waals surface area contributed by atoms with E-state index in [1.165, 1.54) is 0 Å². The van der Waals surface area contributed by atoms with Gasteiger partial charge in [0.2, 0.25) is 0 Å². The zero-order valence-electron chi connectivity index (χ0n) is 10.3. The SMILES string of the molecule is C[C@H](N)c1ccc(OCc2cn(C)nn2)c(Cl)c1. The van der Waals surface area contributed by atoms with Gasteiger partial charge in [-0.3, -0.25) is 4.68 Å². The fourth-order valence-corrected chi connectivity index (χ4v) is 1.77. The number of aromatic nitrogens is 3. The van der Waals surface area contributed by atoms with Gasteiger partial charge in [-0.15, -0.1) is 5.10 Å². The number of hydrogen-bond donors (Lipinski definition) is 1. The zero-order valence-corrected chi connectivity index (χ0v) is 11.1. The smallest absolute Gasteiger partial charge is 0.138 e. The molecule has 0 spiro atoms. The van der Waals surface area contributed by atoms with Gasteiger partial charge in [0.25, 0.3) is 0 Å². The van der Waals surface area contributed by atoms with Crippen LogP contribution >= 0.6 is 11.6 Å². The average Bonchev–Trinajstić information content (AvgIpc) is 2.73. The molecular weight excluding hydrogens is 252 g/mol. The maximum absolute atomic E-state index is 6.12. The monoisotopic (exact) mass is 266 g/mol. The van der Waals surface area contributed by atoms with Crippen molar-refractivity contribution in [2.24, 2.45) is 12.8 Å². The Balaban J connectivity index is 2.05. The summed E-state index contributed by atoms with van der Waals surface area (Å²) in [6, 6.07) is 5.49. The second-order valence-electron chi connectivity index (χ2n) is 4.15. The van der Waals surface area contributed by atoms with Crippen LogP contribution in [0.5, 0.6) is 5.75 Å². The van der Waals surface area contributed by atoms with Crippen molar-refractivity contribution in [1.29, 1.82) is 0 Å². The molecule has 1 atom stereocenters. The number of ether oxygens (including phenoxy) is 1. The lowest BCUT2D eigenvalue weighted by molar-refractivity contribution is 0.301. The molecule has 0 radical (unpaired) electrons. The molecule has 0 amide bonds. The molecule has 0 aliphatic rings. The first-order chi connectivity index (χ1) is 8.56. The van der Waals surface area contributed by atoms with Crippen molar-refractivity contribution in [3.8, 4) is 5.75 Å². The van der Waals surface area contributed by atoms with Gasteiger partial charge in [0.05, 0.1) is 11.2 Å². The standard InChI is InChI=1S/C12H15ClN4O/c1-8(14)9-3-4-12(11(13)5-9)18-7-10-6-17(2)16-15-10/h3-6,8H,7,14H2,1-2H3/t8-/m0/s1. The van der Waals surface area contributed by atoms with Gasteiger partial charge in [-0.05, 0) is 24.6 Å². The van der Waals surface area contributed by atoms with Crippen LogP contribution in [0.2, 0.25) is 5.02 Å². The van der Waals surface area contributed by atoms with Crippen molar-refractivity contribution in [2.45, 2.75) is 19.6 Å². The third-order valence-corrected chi connectivity index (χ3v) is 2.80. The van der Waals surface area contributed by atoms with Crippen molar-refractivity contribution < 1.29 is 4.74 Å². The molecule has 1 aromatic carbocycles. The second-order valence-corrected chi connectivity index (χ2v) is 4.56. The minimum atomic E-state index is -0.0449. The van der Waals surface area contributed by atoms with Crippen molar-refractivity contribution in [3.63, 3.8) is 0 Å². The van der Waals surface area contributed by atoms with E-state index in [2.05, 4.69) is 10.3 Å². The highest BCUT2D eigenvalue weighted by molar-refractivity contribution is 6.32. The Kier molecular flexibility index (Phi) is 3.84. The molecule has 5 nitrogen and oxygen atoms in total. The van der Waals surface area contributed by atoms with Gasteiger partial charge >= 0.3 is 0 Å². The summed E-state index contributed by atoms with van der Waals surface area (Å²) in [7, 11) is 1.81. The molecule has 0 unspecified atom stereocenters. The van der Waals surface area contributed by atoms with Gasteiger partial charge in [-0.2, -0.15) is 0 Å². The van der Waals surface area contributed by atoms with Crippen LogP contribution in [0.4, 0.5) is 0 Å². The highest BCUT2D eigenvalue weighted by Gasteiger charge is 2.07. The molecule has 2 aromatic rings. The molecule has 0 fully saturated rings. The van der Waals surface area contributed by atoms with Crippen LogP contribution < -0.4 is 10.5 Å². The number of nitrogens with two attached hydrogens (primary N) is 1. The maximum Gasteiger partial charge on any atom is 0.138 e. The lowest BCUT2D eigenvalue weighted by Gasteiger charge is -2.10. The number of rotatable bonds is 4. The van der Waals surface area contributed by atoms with Gasteiger partial charge in [0, 0.05) is 13.1 Å².